The SMILES string of the molecule is CNC1COc2cc(OCC(=O)OC)ccc21. The summed E-state index contributed by atoms with van der Waals surface area (Å²) in [5.41, 5.74) is 1.11. The molecule has 1 N–H and O–H groups in total. The standard InChI is InChI=1S/C12H15NO4/c1-13-10-6-17-11-5-8(3-4-9(10)11)16-7-12(14)15-2/h3-5,10,13H,6-7H2,1-2H3. The Balaban J connectivity index is 2.05. The van der Waals surface area contributed by atoms with Crippen molar-refractivity contribution in [2.24, 2.45) is 0 Å². The lowest BCUT2D eigenvalue weighted by molar-refractivity contribution is -0.142. The lowest BCUT2D eigenvalue weighted by Crippen LogP contribution is -2.17. The van der Waals surface area contributed by atoms with Crippen molar-refractivity contribution >= 4 is 5.97 Å². The Bertz CT molecular complexity index is 419. The Hall–Kier alpha value is -1.75. The van der Waals surface area contributed by atoms with E-state index in [1.165, 1.54) is 7.11 Å². The molecule has 1 aromatic carbocycles. The molecule has 1 aliphatic heterocycles. The summed E-state index contributed by atoms with van der Waals surface area (Å²) in [6, 6.07) is 5.77. The predicted molar refractivity (Wildman–Crippen MR) is 61.2 cm³/mol. The quantitative estimate of drug-likeness (QED) is 0.788. The minimum absolute atomic E-state index is 0.0925. The van der Waals surface area contributed by atoms with Gasteiger partial charge in [-0.1, -0.05) is 0 Å². The van der Waals surface area contributed by atoms with E-state index in [9.17, 15) is 4.79 Å². The second-order valence-corrected chi connectivity index (χ2v) is 3.72. The molecule has 0 bridgehead atoms. The zero-order chi connectivity index (χ0) is 12.3. The van der Waals surface area contributed by atoms with E-state index >= 15 is 0 Å². The van der Waals surface area contributed by atoms with Crippen LogP contribution in [0.4, 0.5) is 0 Å². The highest BCUT2D eigenvalue weighted by atomic mass is 16.6. The molecule has 0 saturated heterocycles. The number of carbonyl (C=O) groups is 1. The van der Waals surface area contributed by atoms with Gasteiger partial charge in [-0.2, -0.15) is 0 Å². The fourth-order valence-corrected chi connectivity index (χ4v) is 1.72. The number of likely N-dealkylation sites (N-methyl/N-ethyl adjacent to an activating group) is 1. The van der Waals surface area contributed by atoms with Crippen LogP contribution in [0.2, 0.25) is 0 Å². The van der Waals surface area contributed by atoms with Gasteiger partial charge < -0.3 is 19.5 Å². The molecule has 0 saturated carbocycles. The fraction of sp³-hybridized carbons (Fsp3) is 0.417. The monoisotopic (exact) mass is 237 g/mol. The van der Waals surface area contributed by atoms with Crippen LogP contribution in [-0.4, -0.2) is 33.3 Å². The molecule has 0 fully saturated rings. The molecular formula is C12H15NO4. The molecule has 0 spiro atoms. The molecule has 0 aliphatic carbocycles. The van der Waals surface area contributed by atoms with Crippen LogP contribution < -0.4 is 14.8 Å². The first-order valence-electron chi connectivity index (χ1n) is 5.38. The van der Waals surface area contributed by atoms with Gasteiger partial charge in [0.05, 0.1) is 13.2 Å². The Kier molecular flexibility index (Phi) is 3.49. The summed E-state index contributed by atoms with van der Waals surface area (Å²) in [5.74, 6) is 0.997. The number of nitrogens with one attached hydrogen (secondary N) is 1. The van der Waals surface area contributed by atoms with Crippen LogP contribution in [0.3, 0.4) is 0 Å². The van der Waals surface area contributed by atoms with Gasteiger partial charge >= 0.3 is 5.97 Å². The van der Waals surface area contributed by atoms with Crippen LogP contribution in [0.25, 0.3) is 0 Å². The van der Waals surface area contributed by atoms with Crippen molar-refractivity contribution in [3.63, 3.8) is 0 Å². The molecule has 0 aromatic heterocycles. The van der Waals surface area contributed by atoms with Crippen LogP contribution in [0.15, 0.2) is 18.2 Å². The van der Waals surface area contributed by atoms with E-state index in [1.807, 2.05) is 19.2 Å². The number of rotatable bonds is 4. The van der Waals surface area contributed by atoms with Gasteiger partial charge in [-0.3, -0.25) is 0 Å². The van der Waals surface area contributed by atoms with Gasteiger partial charge in [0.25, 0.3) is 0 Å². The first kappa shape index (κ1) is 11.7. The maximum Gasteiger partial charge on any atom is 0.343 e. The second-order valence-electron chi connectivity index (χ2n) is 3.72. The van der Waals surface area contributed by atoms with Crippen molar-refractivity contribution < 1.29 is 19.0 Å². The third-order valence-electron chi connectivity index (χ3n) is 2.70. The van der Waals surface area contributed by atoms with Crippen molar-refractivity contribution in [2.45, 2.75) is 6.04 Å². The van der Waals surface area contributed by atoms with Crippen molar-refractivity contribution in [3.8, 4) is 11.5 Å². The van der Waals surface area contributed by atoms with E-state index in [2.05, 4.69) is 10.1 Å². The lowest BCUT2D eigenvalue weighted by atomic mass is 10.1. The summed E-state index contributed by atoms with van der Waals surface area (Å²) in [6.07, 6.45) is 0. The molecule has 2 rings (SSSR count). The Morgan fingerprint density at radius 1 is 1.59 bits per heavy atom. The first-order chi connectivity index (χ1) is 8.24. The predicted octanol–water partition coefficient (Wildman–Crippen LogP) is 0.891. The van der Waals surface area contributed by atoms with Crippen molar-refractivity contribution in [3.05, 3.63) is 23.8 Å². The molecule has 1 heterocycles. The molecule has 1 unspecified atom stereocenters. The normalized spacial score (nSPS) is 17.2. The number of fused-ring (bicyclic) bond motifs is 1. The molecule has 1 aliphatic rings. The minimum atomic E-state index is -0.403. The Labute approximate surface area is 99.7 Å². The first-order valence-corrected chi connectivity index (χ1v) is 5.38. The average molecular weight is 237 g/mol. The van der Waals surface area contributed by atoms with E-state index in [-0.39, 0.29) is 12.6 Å². The topological polar surface area (TPSA) is 56.8 Å². The fourth-order valence-electron chi connectivity index (χ4n) is 1.72. The summed E-state index contributed by atoms with van der Waals surface area (Å²) in [5, 5.41) is 3.16. The van der Waals surface area contributed by atoms with Gasteiger partial charge in [0.1, 0.15) is 18.1 Å². The lowest BCUT2D eigenvalue weighted by Gasteiger charge is -2.08. The molecule has 1 atom stereocenters. The van der Waals surface area contributed by atoms with Gasteiger partial charge in [-0.25, -0.2) is 4.79 Å². The summed E-state index contributed by atoms with van der Waals surface area (Å²) >= 11 is 0. The second kappa shape index (κ2) is 5.05. The van der Waals surface area contributed by atoms with Crippen molar-refractivity contribution in [1.82, 2.24) is 5.32 Å². The third kappa shape index (κ3) is 2.50. The number of ether oxygens (including phenoxy) is 3. The average Bonchev–Trinajstić information content (AvgIpc) is 2.78. The zero-order valence-electron chi connectivity index (χ0n) is 9.86. The van der Waals surface area contributed by atoms with Crippen molar-refractivity contribution in [1.29, 1.82) is 0 Å². The van der Waals surface area contributed by atoms with E-state index in [0.717, 1.165) is 11.3 Å². The Morgan fingerprint density at radius 3 is 3.12 bits per heavy atom. The molecule has 0 radical (unpaired) electrons. The molecule has 1 aromatic rings. The number of methoxy groups -OCH3 is 1. The number of carbonyl (C=O) groups excluding carboxylic acids is 1. The maximum absolute atomic E-state index is 10.9. The highest BCUT2D eigenvalue weighted by molar-refractivity contribution is 5.70. The summed E-state index contributed by atoms with van der Waals surface area (Å²) in [4.78, 5) is 10.9. The van der Waals surface area contributed by atoms with Gasteiger partial charge in [-0.15, -0.1) is 0 Å². The smallest absolute Gasteiger partial charge is 0.343 e. The molecule has 5 heteroatoms. The van der Waals surface area contributed by atoms with Gasteiger partial charge in [0.15, 0.2) is 6.61 Å². The van der Waals surface area contributed by atoms with E-state index in [4.69, 9.17) is 9.47 Å². The zero-order valence-corrected chi connectivity index (χ0v) is 9.86. The van der Waals surface area contributed by atoms with Crippen LogP contribution in [0.5, 0.6) is 11.5 Å². The van der Waals surface area contributed by atoms with Gasteiger partial charge in [0.2, 0.25) is 0 Å². The highest BCUT2D eigenvalue weighted by Gasteiger charge is 2.22. The summed E-state index contributed by atoms with van der Waals surface area (Å²) in [7, 11) is 3.22. The Morgan fingerprint density at radius 2 is 2.41 bits per heavy atom. The number of esters is 1. The van der Waals surface area contributed by atoms with Gasteiger partial charge in [0, 0.05) is 11.6 Å². The number of hydrogen-bond donors (Lipinski definition) is 1. The van der Waals surface area contributed by atoms with Gasteiger partial charge in [-0.05, 0) is 19.2 Å². The van der Waals surface area contributed by atoms with E-state index < -0.39 is 5.97 Å². The molecule has 5 nitrogen and oxygen atoms in total. The maximum atomic E-state index is 10.9. The van der Waals surface area contributed by atoms with E-state index in [1.54, 1.807) is 6.07 Å². The van der Waals surface area contributed by atoms with Crippen LogP contribution in [0, 0.1) is 0 Å². The molecule has 0 amide bonds. The highest BCUT2D eigenvalue weighted by Crippen LogP contribution is 2.34. The molecule has 17 heavy (non-hydrogen) atoms. The summed E-state index contributed by atoms with van der Waals surface area (Å²) < 4.78 is 15.3. The third-order valence-corrected chi connectivity index (χ3v) is 2.70. The molecular weight excluding hydrogens is 222 g/mol. The summed E-state index contributed by atoms with van der Waals surface area (Å²) in [6.45, 7) is 0.525. The molecule has 92 valence electrons. The van der Waals surface area contributed by atoms with Crippen LogP contribution >= 0.6 is 0 Å². The van der Waals surface area contributed by atoms with Crippen LogP contribution in [0.1, 0.15) is 11.6 Å². The van der Waals surface area contributed by atoms with E-state index in [0.29, 0.717) is 12.4 Å². The number of hydrogen-bond acceptors (Lipinski definition) is 5. The van der Waals surface area contributed by atoms with Crippen LogP contribution in [-0.2, 0) is 9.53 Å². The van der Waals surface area contributed by atoms with Crippen molar-refractivity contribution in [2.75, 3.05) is 27.4 Å². The largest absolute Gasteiger partial charge is 0.491 e. The number of benzene rings is 1. The minimum Gasteiger partial charge on any atom is -0.491 e.